The number of hydrogen-bond acceptors (Lipinski definition) is 6. The maximum Gasteiger partial charge on any atom is 0.414 e. The van der Waals surface area contributed by atoms with Gasteiger partial charge in [-0.1, -0.05) is 0 Å². The first-order chi connectivity index (χ1) is 13.6. The molecular formula is C18H22FN6O3Y-. The summed E-state index contributed by atoms with van der Waals surface area (Å²) in [6, 6.07) is 6.07. The first kappa shape index (κ1) is 24.9. The number of rotatable bonds is 6. The van der Waals surface area contributed by atoms with Crippen LogP contribution in [-0.2, 0) is 44.0 Å². The van der Waals surface area contributed by atoms with E-state index in [4.69, 9.17) is 21.3 Å². The monoisotopic (exact) mass is 478 g/mol. The summed E-state index contributed by atoms with van der Waals surface area (Å²) in [7, 11) is 1.00. The fraction of sp³-hybridized carbons (Fsp3) is 0.278. The van der Waals surface area contributed by atoms with E-state index in [0.717, 1.165) is 7.11 Å². The van der Waals surface area contributed by atoms with Gasteiger partial charge in [0.05, 0.1) is 24.5 Å². The van der Waals surface area contributed by atoms with Gasteiger partial charge in [-0.05, 0) is 24.3 Å². The molecule has 1 atom stereocenters. The second-order valence-corrected chi connectivity index (χ2v) is 5.66. The van der Waals surface area contributed by atoms with Gasteiger partial charge >= 0.3 is 6.09 Å². The Kier molecular flexibility index (Phi) is 10.7. The van der Waals surface area contributed by atoms with Gasteiger partial charge in [-0.2, -0.15) is 5.10 Å². The van der Waals surface area contributed by atoms with Gasteiger partial charge in [0.15, 0.2) is 5.82 Å². The van der Waals surface area contributed by atoms with E-state index in [0.29, 0.717) is 17.8 Å². The molecule has 1 fully saturated rings. The Morgan fingerprint density at radius 2 is 2.28 bits per heavy atom. The van der Waals surface area contributed by atoms with E-state index in [1.165, 1.54) is 29.4 Å². The van der Waals surface area contributed by atoms with E-state index < -0.39 is 18.0 Å². The molecule has 1 aliphatic rings. The number of allylic oxidation sites excluding steroid dienone is 1. The SMILES string of the molecule is CO.[NH-]CC1CN(c2ccc(N=C/C(=C\N)Cn3cccn3)c(F)c2)C(=O)O1.[Y]. The number of aliphatic hydroxyl groups is 1. The molecule has 1 saturated heterocycles. The van der Waals surface area contributed by atoms with Gasteiger partial charge in [-0.25, -0.2) is 9.18 Å². The smallest absolute Gasteiger partial charge is 0.414 e. The number of carbonyl (C=O) groups is 1. The van der Waals surface area contributed by atoms with Gasteiger partial charge in [0, 0.05) is 70.2 Å². The van der Waals surface area contributed by atoms with Gasteiger partial charge in [0.25, 0.3) is 0 Å². The van der Waals surface area contributed by atoms with Crippen molar-refractivity contribution in [2.45, 2.75) is 12.6 Å². The number of nitrogens with two attached hydrogens (primary N) is 1. The minimum Gasteiger partial charge on any atom is -0.674 e. The van der Waals surface area contributed by atoms with Crippen molar-refractivity contribution in [2.75, 3.05) is 25.1 Å². The third-order valence-electron chi connectivity index (χ3n) is 3.83. The van der Waals surface area contributed by atoms with Crippen LogP contribution in [0.4, 0.5) is 20.6 Å². The summed E-state index contributed by atoms with van der Waals surface area (Å²) in [6.07, 6.45) is 5.22. The number of hydrogen-bond donors (Lipinski definition) is 2. The molecule has 0 saturated carbocycles. The number of carbonyl (C=O) groups excluding carboxylic acids is 1. The molecule has 1 aromatic carbocycles. The maximum atomic E-state index is 14.3. The van der Waals surface area contributed by atoms with Crippen molar-refractivity contribution in [1.82, 2.24) is 9.78 Å². The second-order valence-electron chi connectivity index (χ2n) is 5.66. The molecule has 0 spiro atoms. The third-order valence-corrected chi connectivity index (χ3v) is 3.83. The van der Waals surface area contributed by atoms with Gasteiger partial charge < -0.3 is 21.3 Å². The Bertz CT molecular complexity index is 844. The molecule has 1 radical (unpaired) electrons. The molecule has 1 unspecified atom stereocenters. The molecule has 2 aromatic rings. The van der Waals surface area contributed by atoms with Gasteiger partial charge in [-0.15, -0.1) is 6.54 Å². The van der Waals surface area contributed by atoms with Crippen LogP contribution in [0.3, 0.4) is 0 Å². The number of benzene rings is 1. The summed E-state index contributed by atoms with van der Waals surface area (Å²) in [5.74, 6) is -0.573. The first-order valence-electron chi connectivity index (χ1n) is 8.40. The number of ether oxygens (including phenoxy) is 1. The number of nitrogens with zero attached hydrogens (tertiary/aromatic N) is 4. The zero-order valence-electron chi connectivity index (χ0n) is 15.9. The fourth-order valence-electron chi connectivity index (χ4n) is 2.48. The predicted molar refractivity (Wildman–Crippen MR) is 104 cm³/mol. The molecule has 0 aliphatic carbocycles. The van der Waals surface area contributed by atoms with E-state index >= 15 is 0 Å². The van der Waals surface area contributed by atoms with E-state index in [9.17, 15) is 9.18 Å². The Morgan fingerprint density at radius 1 is 1.52 bits per heavy atom. The molecular weight excluding hydrogens is 456 g/mol. The number of aliphatic imine (C=N–C) groups is 1. The summed E-state index contributed by atoms with van der Waals surface area (Å²) in [4.78, 5) is 17.2. The van der Waals surface area contributed by atoms with Crippen LogP contribution < -0.4 is 10.6 Å². The number of aliphatic hydroxyl groups excluding tert-OH is 1. The summed E-state index contributed by atoms with van der Waals surface area (Å²) in [5.41, 5.74) is 14.0. The molecule has 1 aliphatic heterocycles. The molecule has 29 heavy (non-hydrogen) atoms. The number of amides is 1. The number of cyclic esters (lactones) is 1. The zero-order valence-corrected chi connectivity index (χ0v) is 18.7. The van der Waals surface area contributed by atoms with E-state index in [1.54, 1.807) is 29.2 Å². The van der Waals surface area contributed by atoms with Gasteiger partial charge in [0.2, 0.25) is 0 Å². The topological polar surface area (TPSA) is 130 Å². The summed E-state index contributed by atoms with van der Waals surface area (Å²) >= 11 is 0. The number of anilines is 1. The molecule has 2 heterocycles. The quantitative estimate of drug-likeness (QED) is 0.616. The minimum absolute atomic E-state index is 0. The number of aromatic nitrogens is 2. The van der Waals surface area contributed by atoms with E-state index in [-0.39, 0.29) is 51.5 Å². The molecule has 9 nitrogen and oxygen atoms in total. The van der Waals surface area contributed by atoms with Gasteiger partial charge in [0.1, 0.15) is 6.10 Å². The Labute approximate surface area is 193 Å². The molecule has 1 aromatic heterocycles. The van der Waals surface area contributed by atoms with Crippen LogP contribution in [0.5, 0.6) is 0 Å². The maximum absolute atomic E-state index is 14.3. The largest absolute Gasteiger partial charge is 0.674 e. The van der Waals surface area contributed by atoms with Crippen molar-refractivity contribution < 1.29 is 51.7 Å². The molecule has 153 valence electrons. The van der Waals surface area contributed by atoms with Crippen LogP contribution in [0.25, 0.3) is 5.73 Å². The van der Waals surface area contributed by atoms with Crippen molar-refractivity contribution in [2.24, 2.45) is 10.7 Å². The van der Waals surface area contributed by atoms with Crippen molar-refractivity contribution >= 4 is 23.7 Å². The van der Waals surface area contributed by atoms with Crippen LogP contribution >= 0.6 is 0 Å². The standard InChI is InChI=1S/C17H18FN6O2.CH4O.Y/c18-15-6-13(24-11-14(8-20)26-17(24)25)2-3-16(15)21-9-12(7-19)10-23-5-1-4-22-23;1-2;/h1-7,9,14,20H,8,10-11,19H2;2H,1H3;/q-1;;/b12-7+,21-9?;;. The van der Waals surface area contributed by atoms with Crippen LogP contribution in [-0.4, -0.2) is 53.5 Å². The Hall–Kier alpha value is -2.14. The summed E-state index contributed by atoms with van der Waals surface area (Å²) in [5, 5.41) is 11.1. The van der Waals surface area contributed by atoms with Crippen molar-refractivity contribution in [3.8, 4) is 0 Å². The molecule has 4 N–H and O–H groups in total. The number of halogens is 1. The van der Waals surface area contributed by atoms with Crippen molar-refractivity contribution in [1.29, 1.82) is 0 Å². The van der Waals surface area contributed by atoms with Gasteiger partial charge in [-0.3, -0.25) is 14.6 Å². The van der Waals surface area contributed by atoms with Crippen molar-refractivity contribution in [3.63, 3.8) is 0 Å². The third kappa shape index (κ3) is 6.71. The Morgan fingerprint density at radius 3 is 2.83 bits per heavy atom. The Balaban J connectivity index is 0.00000136. The van der Waals surface area contributed by atoms with E-state index in [1.807, 2.05) is 0 Å². The average molecular weight is 478 g/mol. The second kappa shape index (κ2) is 12.4. The van der Waals surface area contributed by atoms with Crippen LogP contribution in [0.1, 0.15) is 0 Å². The first-order valence-corrected chi connectivity index (χ1v) is 8.40. The fourth-order valence-corrected chi connectivity index (χ4v) is 2.48. The summed E-state index contributed by atoms with van der Waals surface area (Å²) in [6.45, 7) is 0.618. The molecule has 1 amide bonds. The predicted octanol–water partition coefficient (Wildman–Crippen LogP) is 2.25. The van der Waals surface area contributed by atoms with Crippen LogP contribution in [0.2, 0.25) is 0 Å². The normalized spacial score (nSPS) is 16.3. The van der Waals surface area contributed by atoms with Crippen LogP contribution in [0, 0.1) is 5.82 Å². The zero-order chi connectivity index (χ0) is 20.5. The minimum atomic E-state index is -0.578. The molecule has 0 bridgehead atoms. The number of nitrogens with one attached hydrogen (secondary N) is 1. The van der Waals surface area contributed by atoms with E-state index in [2.05, 4.69) is 10.1 Å². The summed E-state index contributed by atoms with van der Waals surface area (Å²) < 4.78 is 21.0. The van der Waals surface area contributed by atoms with Crippen LogP contribution in [0.15, 0.2) is 53.4 Å². The molecule has 3 rings (SSSR count). The van der Waals surface area contributed by atoms with Crippen molar-refractivity contribution in [3.05, 3.63) is 60.0 Å². The average Bonchev–Trinajstić information content (AvgIpc) is 3.36. The molecule has 11 heteroatoms.